The number of nitrogens with zero attached hydrogens (tertiary/aromatic N) is 3. The molecule has 1 amide bonds. The van der Waals surface area contributed by atoms with Gasteiger partial charge in [-0.3, -0.25) is 9.89 Å². The zero-order valence-electron chi connectivity index (χ0n) is 12.3. The Balaban J connectivity index is 1.49. The molecule has 6 nitrogen and oxygen atoms in total. The van der Waals surface area contributed by atoms with Crippen LogP contribution < -0.4 is 5.32 Å². The molecule has 0 saturated heterocycles. The van der Waals surface area contributed by atoms with E-state index in [2.05, 4.69) is 27.4 Å². The fourth-order valence-electron chi connectivity index (χ4n) is 2.91. The highest BCUT2D eigenvalue weighted by Gasteiger charge is 2.21. The van der Waals surface area contributed by atoms with E-state index in [1.54, 1.807) is 6.20 Å². The van der Waals surface area contributed by atoms with E-state index in [-0.39, 0.29) is 11.9 Å². The van der Waals surface area contributed by atoms with Crippen LogP contribution in [0.1, 0.15) is 36.8 Å². The molecular formula is C15H21N5O. The maximum atomic E-state index is 12.1. The second-order valence-electron chi connectivity index (χ2n) is 5.52. The van der Waals surface area contributed by atoms with Crippen LogP contribution in [0.3, 0.4) is 0 Å². The third kappa shape index (κ3) is 3.15. The fraction of sp³-hybridized carbons (Fsp3) is 0.533. The summed E-state index contributed by atoms with van der Waals surface area (Å²) in [6.45, 7) is 2.76. The van der Waals surface area contributed by atoms with Crippen molar-refractivity contribution in [3.05, 3.63) is 35.7 Å². The predicted octanol–water partition coefficient (Wildman–Crippen LogP) is 1.23. The van der Waals surface area contributed by atoms with E-state index in [1.165, 1.54) is 5.56 Å². The molecule has 112 valence electrons. The third-order valence-corrected chi connectivity index (χ3v) is 4.08. The molecular weight excluding hydrogens is 266 g/mol. The monoisotopic (exact) mass is 287 g/mol. The molecule has 3 rings (SSSR count). The van der Waals surface area contributed by atoms with E-state index in [1.807, 2.05) is 17.0 Å². The van der Waals surface area contributed by atoms with Crippen LogP contribution in [-0.2, 0) is 30.6 Å². The Morgan fingerprint density at radius 1 is 1.57 bits per heavy atom. The number of fused-ring (bicyclic) bond motifs is 1. The second-order valence-corrected chi connectivity index (χ2v) is 5.52. The summed E-state index contributed by atoms with van der Waals surface area (Å²) in [6.07, 6.45) is 9.82. The lowest BCUT2D eigenvalue weighted by molar-refractivity contribution is -0.122. The fourth-order valence-corrected chi connectivity index (χ4v) is 2.91. The van der Waals surface area contributed by atoms with Crippen molar-refractivity contribution < 1.29 is 4.79 Å². The normalized spacial score (nSPS) is 17.5. The Morgan fingerprint density at radius 3 is 3.33 bits per heavy atom. The predicted molar refractivity (Wildman–Crippen MR) is 78.8 cm³/mol. The highest BCUT2D eigenvalue weighted by atomic mass is 16.1. The minimum Gasteiger partial charge on any atom is -0.353 e. The molecule has 2 N–H and O–H groups in total. The third-order valence-electron chi connectivity index (χ3n) is 4.08. The molecule has 2 aromatic rings. The zero-order chi connectivity index (χ0) is 14.7. The molecule has 0 aromatic carbocycles. The van der Waals surface area contributed by atoms with Crippen LogP contribution in [0.25, 0.3) is 0 Å². The first kappa shape index (κ1) is 13.9. The zero-order valence-corrected chi connectivity index (χ0v) is 12.3. The number of hydrogen-bond acceptors (Lipinski definition) is 3. The standard InChI is InChI=1S/C15H21N5O/c1-2-14-16-6-8-20(14)7-5-15(21)18-12-4-3-11-10-17-19-13(11)9-12/h6,8,10,12H,2-5,7,9H2,1H3,(H,17,19)(H,18,21). The van der Waals surface area contributed by atoms with Crippen LogP contribution in [0.2, 0.25) is 0 Å². The molecule has 0 fully saturated rings. The van der Waals surface area contributed by atoms with Crippen LogP contribution in [0.15, 0.2) is 18.6 Å². The summed E-state index contributed by atoms with van der Waals surface area (Å²) in [6, 6.07) is 0.221. The highest BCUT2D eigenvalue weighted by molar-refractivity contribution is 5.76. The first-order valence-corrected chi connectivity index (χ1v) is 7.56. The molecule has 0 bridgehead atoms. The minimum absolute atomic E-state index is 0.110. The number of hydrogen-bond donors (Lipinski definition) is 2. The van der Waals surface area contributed by atoms with E-state index in [0.29, 0.717) is 13.0 Å². The quantitative estimate of drug-likeness (QED) is 0.868. The SMILES string of the molecule is CCc1nccn1CCC(=O)NC1CCc2cn[nH]c2C1. The van der Waals surface area contributed by atoms with E-state index in [0.717, 1.165) is 37.2 Å². The Kier molecular flexibility index (Phi) is 4.03. The topological polar surface area (TPSA) is 75.6 Å². The second kappa shape index (κ2) is 6.11. The summed E-state index contributed by atoms with van der Waals surface area (Å²) in [5.74, 6) is 1.14. The Bertz CT molecular complexity index is 615. The average Bonchev–Trinajstić information content (AvgIpc) is 3.13. The number of aryl methyl sites for hydroxylation is 3. The van der Waals surface area contributed by atoms with Gasteiger partial charge in [-0.1, -0.05) is 6.92 Å². The number of aromatic nitrogens is 4. The summed E-state index contributed by atoms with van der Waals surface area (Å²) in [5, 5.41) is 10.2. The van der Waals surface area contributed by atoms with E-state index in [4.69, 9.17) is 0 Å². The van der Waals surface area contributed by atoms with Crippen LogP contribution in [0.4, 0.5) is 0 Å². The van der Waals surface area contributed by atoms with E-state index in [9.17, 15) is 4.79 Å². The lowest BCUT2D eigenvalue weighted by Crippen LogP contribution is -2.39. The molecule has 1 aliphatic rings. The van der Waals surface area contributed by atoms with Gasteiger partial charge in [-0.15, -0.1) is 0 Å². The maximum Gasteiger partial charge on any atom is 0.222 e. The van der Waals surface area contributed by atoms with Gasteiger partial charge in [0.05, 0.1) is 6.20 Å². The largest absolute Gasteiger partial charge is 0.353 e. The van der Waals surface area contributed by atoms with Crippen molar-refractivity contribution >= 4 is 5.91 Å². The lowest BCUT2D eigenvalue weighted by atomic mass is 9.94. The van der Waals surface area contributed by atoms with Gasteiger partial charge in [0.25, 0.3) is 0 Å². The van der Waals surface area contributed by atoms with Gasteiger partial charge < -0.3 is 9.88 Å². The van der Waals surface area contributed by atoms with Gasteiger partial charge in [0, 0.05) is 49.9 Å². The number of carbonyl (C=O) groups excluding carboxylic acids is 1. The summed E-state index contributed by atoms with van der Waals surface area (Å²) >= 11 is 0. The Morgan fingerprint density at radius 2 is 2.48 bits per heavy atom. The Labute approximate surface area is 124 Å². The van der Waals surface area contributed by atoms with Crippen LogP contribution >= 0.6 is 0 Å². The van der Waals surface area contributed by atoms with Gasteiger partial charge in [0.1, 0.15) is 5.82 Å². The molecule has 21 heavy (non-hydrogen) atoms. The first-order valence-electron chi connectivity index (χ1n) is 7.56. The van der Waals surface area contributed by atoms with Gasteiger partial charge in [0.15, 0.2) is 0 Å². The number of amides is 1. The summed E-state index contributed by atoms with van der Waals surface area (Å²) in [7, 11) is 0. The van der Waals surface area contributed by atoms with Gasteiger partial charge in [-0.2, -0.15) is 5.10 Å². The highest BCUT2D eigenvalue weighted by Crippen LogP contribution is 2.18. The molecule has 0 spiro atoms. The number of nitrogens with one attached hydrogen (secondary N) is 2. The maximum absolute atomic E-state index is 12.1. The van der Waals surface area contributed by atoms with Crippen molar-refractivity contribution in [2.75, 3.05) is 0 Å². The molecule has 1 unspecified atom stereocenters. The van der Waals surface area contributed by atoms with Crippen LogP contribution in [0.5, 0.6) is 0 Å². The van der Waals surface area contributed by atoms with Crippen molar-refractivity contribution in [1.29, 1.82) is 0 Å². The van der Waals surface area contributed by atoms with Gasteiger partial charge in [0.2, 0.25) is 5.91 Å². The molecule has 1 aliphatic carbocycles. The smallest absolute Gasteiger partial charge is 0.222 e. The molecule has 2 heterocycles. The lowest BCUT2D eigenvalue weighted by Gasteiger charge is -2.22. The summed E-state index contributed by atoms with van der Waals surface area (Å²) < 4.78 is 2.05. The minimum atomic E-state index is 0.110. The molecule has 6 heteroatoms. The average molecular weight is 287 g/mol. The molecule has 0 radical (unpaired) electrons. The number of imidazole rings is 1. The van der Waals surface area contributed by atoms with E-state index < -0.39 is 0 Å². The number of carbonyl (C=O) groups is 1. The van der Waals surface area contributed by atoms with Gasteiger partial charge >= 0.3 is 0 Å². The van der Waals surface area contributed by atoms with Crippen LogP contribution in [0, 0.1) is 0 Å². The Hall–Kier alpha value is -2.11. The van der Waals surface area contributed by atoms with Crippen molar-refractivity contribution in [2.45, 2.75) is 51.6 Å². The van der Waals surface area contributed by atoms with Crippen molar-refractivity contribution in [1.82, 2.24) is 25.1 Å². The molecule has 0 aliphatic heterocycles. The van der Waals surface area contributed by atoms with Crippen LogP contribution in [-0.4, -0.2) is 31.7 Å². The van der Waals surface area contributed by atoms with Crippen molar-refractivity contribution in [3.8, 4) is 0 Å². The summed E-state index contributed by atoms with van der Waals surface area (Å²) in [4.78, 5) is 16.4. The van der Waals surface area contributed by atoms with Crippen molar-refractivity contribution in [2.24, 2.45) is 0 Å². The molecule has 1 atom stereocenters. The first-order chi connectivity index (χ1) is 10.3. The van der Waals surface area contributed by atoms with Gasteiger partial charge in [-0.25, -0.2) is 4.98 Å². The molecule has 2 aromatic heterocycles. The molecule has 0 saturated carbocycles. The van der Waals surface area contributed by atoms with Crippen molar-refractivity contribution in [3.63, 3.8) is 0 Å². The number of rotatable bonds is 5. The summed E-state index contributed by atoms with van der Waals surface area (Å²) in [5.41, 5.74) is 2.45. The number of aromatic amines is 1. The van der Waals surface area contributed by atoms with Gasteiger partial charge in [-0.05, 0) is 18.4 Å². The number of H-pyrrole nitrogens is 1. The van der Waals surface area contributed by atoms with E-state index >= 15 is 0 Å².